The second-order valence-corrected chi connectivity index (χ2v) is 6.18. The Morgan fingerprint density at radius 2 is 1.50 bits per heavy atom. The summed E-state index contributed by atoms with van der Waals surface area (Å²) in [7, 11) is 5.70. The number of benzene rings is 1. The molecule has 0 amide bonds. The standard InChI is InChI=1S/C11H18N2.C7H17NO5/c1-12-8-9-13(2)10-11-6-4-3-5-7-11;1-8-2-4(10)6(12)7(13)5(11)3-9/h3-7,12H,8-10H2,1-2H3;4-13H,2-3H2,1H3/t;4-,5+,6+,7+/m.0/s1. The lowest BCUT2D eigenvalue weighted by atomic mass is 10.0. The van der Waals surface area contributed by atoms with Crippen LogP contribution in [0.4, 0.5) is 0 Å². The van der Waals surface area contributed by atoms with Crippen molar-refractivity contribution in [3.05, 3.63) is 35.9 Å². The molecular weight excluding hydrogens is 338 g/mol. The van der Waals surface area contributed by atoms with Crippen molar-refractivity contribution in [3.63, 3.8) is 0 Å². The highest BCUT2D eigenvalue weighted by Crippen LogP contribution is 2.04. The molecule has 26 heavy (non-hydrogen) atoms. The topological polar surface area (TPSA) is 128 Å². The Labute approximate surface area is 156 Å². The first-order valence-electron chi connectivity index (χ1n) is 8.72. The molecule has 0 unspecified atom stereocenters. The highest BCUT2D eigenvalue weighted by Gasteiger charge is 2.29. The Morgan fingerprint density at radius 3 is 2.00 bits per heavy atom. The van der Waals surface area contributed by atoms with Crippen molar-refractivity contribution >= 4 is 0 Å². The van der Waals surface area contributed by atoms with Gasteiger partial charge < -0.3 is 41.1 Å². The van der Waals surface area contributed by atoms with Gasteiger partial charge in [-0.2, -0.15) is 0 Å². The van der Waals surface area contributed by atoms with Gasteiger partial charge in [0, 0.05) is 26.2 Å². The van der Waals surface area contributed by atoms with Gasteiger partial charge >= 0.3 is 0 Å². The molecular formula is C18H35N3O5. The molecule has 0 radical (unpaired) electrons. The summed E-state index contributed by atoms with van der Waals surface area (Å²) < 4.78 is 0. The minimum absolute atomic E-state index is 0.0936. The van der Waals surface area contributed by atoms with Crippen LogP contribution in [0.15, 0.2) is 30.3 Å². The van der Waals surface area contributed by atoms with Crippen molar-refractivity contribution in [3.8, 4) is 0 Å². The van der Waals surface area contributed by atoms with E-state index in [0.29, 0.717) is 0 Å². The fraction of sp³-hybridized carbons (Fsp3) is 0.667. The summed E-state index contributed by atoms with van der Waals surface area (Å²) in [6.07, 6.45) is -5.65. The highest BCUT2D eigenvalue weighted by atomic mass is 16.4. The van der Waals surface area contributed by atoms with E-state index in [0.717, 1.165) is 19.6 Å². The Hall–Kier alpha value is -1.10. The van der Waals surface area contributed by atoms with E-state index in [9.17, 15) is 5.11 Å². The van der Waals surface area contributed by atoms with Crippen LogP contribution >= 0.6 is 0 Å². The van der Waals surface area contributed by atoms with Crippen molar-refractivity contribution in [1.82, 2.24) is 15.5 Å². The van der Waals surface area contributed by atoms with E-state index >= 15 is 0 Å². The summed E-state index contributed by atoms with van der Waals surface area (Å²) >= 11 is 0. The number of aliphatic hydroxyl groups excluding tert-OH is 5. The number of likely N-dealkylation sites (N-methyl/N-ethyl adjacent to an activating group) is 3. The number of rotatable bonds is 11. The zero-order chi connectivity index (χ0) is 19.9. The molecule has 0 aromatic heterocycles. The van der Waals surface area contributed by atoms with Gasteiger partial charge in [0.2, 0.25) is 0 Å². The molecule has 0 aliphatic heterocycles. The van der Waals surface area contributed by atoms with Crippen LogP contribution in [0, 0.1) is 0 Å². The second kappa shape index (κ2) is 15.0. The summed E-state index contributed by atoms with van der Waals surface area (Å²) in [5.74, 6) is 0. The molecule has 0 bridgehead atoms. The SMILES string of the molecule is CNCCN(C)Cc1ccccc1.CNC[C@H](O)[C@@H](O)[C@H](O)[C@H](O)CO. The first-order valence-corrected chi connectivity index (χ1v) is 8.72. The number of nitrogens with one attached hydrogen (secondary N) is 2. The number of hydrogen-bond acceptors (Lipinski definition) is 8. The molecule has 1 aromatic carbocycles. The molecule has 0 aliphatic carbocycles. The average molecular weight is 373 g/mol. The summed E-state index contributed by atoms with van der Waals surface area (Å²) in [5, 5.41) is 50.6. The maximum atomic E-state index is 9.21. The molecule has 1 rings (SSSR count). The molecule has 7 N–H and O–H groups in total. The van der Waals surface area contributed by atoms with E-state index in [1.807, 2.05) is 7.05 Å². The van der Waals surface area contributed by atoms with E-state index in [1.54, 1.807) is 7.05 Å². The van der Waals surface area contributed by atoms with Gasteiger partial charge in [0.05, 0.1) is 12.7 Å². The van der Waals surface area contributed by atoms with Gasteiger partial charge in [-0.15, -0.1) is 0 Å². The fourth-order valence-electron chi connectivity index (χ4n) is 2.17. The van der Waals surface area contributed by atoms with E-state index in [-0.39, 0.29) is 6.54 Å². The monoisotopic (exact) mass is 373 g/mol. The van der Waals surface area contributed by atoms with E-state index < -0.39 is 31.0 Å². The Balaban J connectivity index is 0.000000481. The maximum Gasteiger partial charge on any atom is 0.111 e. The third kappa shape index (κ3) is 10.8. The fourth-order valence-corrected chi connectivity index (χ4v) is 2.17. The Morgan fingerprint density at radius 1 is 0.923 bits per heavy atom. The van der Waals surface area contributed by atoms with Crippen molar-refractivity contribution < 1.29 is 25.5 Å². The number of nitrogens with zero attached hydrogens (tertiary/aromatic N) is 1. The predicted octanol–water partition coefficient (Wildman–Crippen LogP) is -2.02. The van der Waals surface area contributed by atoms with Crippen LogP contribution in [0.1, 0.15) is 5.56 Å². The molecule has 0 spiro atoms. The minimum atomic E-state index is -1.55. The predicted molar refractivity (Wildman–Crippen MR) is 102 cm³/mol. The zero-order valence-electron chi connectivity index (χ0n) is 15.9. The molecule has 0 saturated heterocycles. The maximum absolute atomic E-state index is 9.21. The molecule has 0 aliphatic rings. The quantitative estimate of drug-likeness (QED) is 0.237. The van der Waals surface area contributed by atoms with Gasteiger partial charge in [0.15, 0.2) is 0 Å². The van der Waals surface area contributed by atoms with Crippen LogP contribution < -0.4 is 10.6 Å². The van der Waals surface area contributed by atoms with Crippen LogP contribution in [-0.2, 0) is 6.54 Å². The van der Waals surface area contributed by atoms with Gasteiger partial charge in [-0.3, -0.25) is 0 Å². The van der Waals surface area contributed by atoms with Crippen molar-refractivity contribution in [2.75, 3.05) is 47.4 Å². The molecule has 0 heterocycles. The summed E-state index contributed by atoms with van der Waals surface area (Å²) in [5.41, 5.74) is 1.38. The first-order chi connectivity index (χ1) is 12.4. The first kappa shape index (κ1) is 24.9. The van der Waals surface area contributed by atoms with Crippen LogP contribution in [-0.4, -0.2) is 102 Å². The lowest BCUT2D eigenvalue weighted by Gasteiger charge is -2.25. The van der Waals surface area contributed by atoms with Crippen LogP contribution in [0.5, 0.6) is 0 Å². The third-order valence-corrected chi connectivity index (χ3v) is 3.78. The van der Waals surface area contributed by atoms with Gasteiger partial charge in [-0.05, 0) is 26.7 Å². The van der Waals surface area contributed by atoms with E-state index in [2.05, 4.69) is 52.9 Å². The smallest absolute Gasteiger partial charge is 0.111 e. The third-order valence-electron chi connectivity index (χ3n) is 3.78. The summed E-state index contributed by atoms with van der Waals surface area (Å²) in [4.78, 5) is 2.31. The van der Waals surface area contributed by atoms with Crippen LogP contribution in [0.2, 0.25) is 0 Å². The van der Waals surface area contributed by atoms with Gasteiger partial charge in [0.25, 0.3) is 0 Å². The number of hydrogen-bond donors (Lipinski definition) is 7. The largest absolute Gasteiger partial charge is 0.394 e. The molecule has 8 nitrogen and oxygen atoms in total. The average Bonchev–Trinajstić information content (AvgIpc) is 2.66. The van der Waals surface area contributed by atoms with Crippen LogP contribution in [0.3, 0.4) is 0 Å². The molecule has 0 fully saturated rings. The molecule has 4 atom stereocenters. The Kier molecular flexibility index (Phi) is 14.4. The summed E-state index contributed by atoms with van der Waals surface area (Å²) in [6.45, 7) is 2.60. The zero-order valence-corrected chi connectivity index (χ0v) is 15.9. The second-order valence-electron chi connectivity index (χ2n) is 6.18. The van der Waals surface area contributed by atoms with Gasteiger partial charge in [-0.25, -0.2) is 0 Å². The minimum Gasteiger partial charge on any atom is -0.394 e. The number of aliphatic hydroxyl groups is 5. The normalized spacial score (nSPS) is 15.7. The van der Waals surface area contributed by atoms with E-state index in [1.165, 1.54) is 5.56 Å². The van der Waals surface area contributed by atoms with Crippen molar-refractivity contribution in [2.45, 2.75) is 31.0 Å². The Bertz CT molecular complexity index is 438. The molecule has 152 valence electrons. The van der Waals surface area contributed by atoms with Crippen LogP contribution in [0.25, 0.3) is 0 Å². The van der Waals surface area contributed by atoms with Gasteiger partial charge in [0.1, 0.15) is 18.3 Å². The van der Waals surface area contributed by atoms with Crippen molar-refractivity contribution in [2.24, 2.45) is 0 Å². The molecule has 1 aromatic rings. The lowest BCUT2D eigenvalue weighted by molar-refractivity contribution is -0.113. The van der Waals surface area contributed by atoms with Crippen molar-refractivity contribution in [1.29, 1.82) is 0 Å². The van der Waals surface area contributed by atoms with Gasteiger partial charge in [-0.1, -0.05) is 30.3 Å². The highest BCUT2D eigenvalue weighted by molar-refractivity contribution is 5.14. The lowest BCUT2D eigenvalue weighted by Crippen LogP contribution is -2.48. The molecule has 0 saturated carbocycles. The van der Waals surface area contributed by atoms with E-state index in [4.69, 9.17) is 20.4 Å². The molecule has 8 heteroatoms. The summed E-state index contributed by atoms with van der Waals surface area (Å²) in [6, 6.07) is 10.5.